The van der Waals surface area contributed by atoms with E-state index < -0.39 is 0 Å². The lowest BCUT2D eigenvalue weighted by Gasteiger charge is -2.28. The van der Waals surface area contributed by atoms with Crippen LogP contribution in [0.4, 0.5) is 5.82 Å². The third kappa shape index (κ3) is 4.74. The fourth-order valence-electron chi connectivity index (χ4n) is 3.61. The number of thioether (sulfide) groups is 1. The zero-order valence-corrected chi connectivity index (χ0v) is 19.3. The molecule has 2 N–H and O–H groups in total. The topological polar surface area (TPSA) is 117 Å². The Hall–Kier alpha value is -3.31. The van der Waals surface area contributed by atoms with E-state index in [1.807, 2.05) is 35.3 Å². The van der Waals surface area contributed by atoms with E-state index in [-0.39, 0.29) is 11.5 Å². The number of aromatic nitrogens is 5. The van der Waals surface area contributed by atoms with Crippen molar-refractivity contribution in [2.75, 3.05) is 36.0 Å². The van der Waals surface area contributed by atoms with Gasteiger partial charge >= 0.3 is 0 Å². The summed E-state index contributed by atoms with van der Waals surface area (Å²) in [6.07, 6.45) is 5.04. The van der Waals surface area contributed by atoms with Crippen molar-refractivity contribution in [3.8, 4) is 11.5 Å². The Morgan fingerprint density at radius 3 is 2.82 bits per heavy atom. The highest BCUT2D eigenvalue weighted by molar-refractivity contribution is 7.99. The maximum atomic E-state index is 13.1. The van der Waals surface area contributed by atoms with Crippen LogP contribution in [0.3, 0.4) is 0 Å². The second kappa shape index (κ2) is 9.67. The lowest BCUT2D eigenvalue weighted by molar-refractivity contribution is 0.0956. The number of hydrogen-bond donors (Lipinski definition) is 2. The number of amides is 1. The highest BCUT2D eigenvalue weighted by Gasteiger charge is 2.24. The lowest BCUT2D eigenvalue weighted by atomic mass is 10.2. The molecule has 0 atom stereocenters. The number of nitrogens with zero attached hydrogens (tertiary/aromatic N) is 5. The Kier molecular flexibility index (Phi) is 6.31. The third-order valence-corrected chi connectivity index (χ3v) is 7.07. The van der Waals surface area contributed by atoms with Gasteiger partial charge in [-0.1, -0.05) is 6.07 Å². The first-order valence-electron chi connectivity index (χ1n) is 10.5. The number of H-pyrrole nitrogens is 1. The van der Waals surface area contributed by atoms with Gasteiger partial charge in [-0.25, -0.2) is 9.97 Å². The van der Waals surface area contributed by atoms with E-state index in [2.05, 4.69) is 25.2 Å². The van der Waals surface area contributed by atoms with Crippen molar-refractivity contribution in [1.82, 2.24) is 30.2 Å². The van der Waals surface area contributed by atoms with Crippen LogP contribution in [0.25, 0.3) is 21.7 Å². The van der Waals surface area contributed by atoms with Gasteiger partial charge in [-0.15, -0.1) is 11.3 Å². The van der Waals surface area contributed by atoms with Crippen LogP contribution < -0.4 is 15.8 Å². The molecule has 1 saturated heterocycles. The summed E-state index contributed by atoms with van der Waals surface area (Å²) in [7, 11) is 0. The second-order valence-corrected chi connectivity index (χ2v) is 9.51. The Balaban J connectivity index is 1.45. The number of fused-ring (bicyclic) bond motifs is 1. The molecule has 9 nitrogen and oxygen atoms in total. The van der Waals surface area contributed by atoms with Crippen molar-refractivity contribution in [2.45, 2.75) is 6.42 Å². The van der Waals surface area contributed by atoms with Gasteiger partial charge in [0.2, 0.25) is 0 Å². The first-order chi connectivity index (χ1) is 16.2. The van der Waals surface area contributed by atoms with Gasteiger partial charge in [-0.2, -0.15) is 11.8 Å². The van der Waals surface area contributed by atoms with Gasteiger partial charge in [0, 0.05) is 55.3 Å². The molecule has 1 aliphatic heterocycles. The summed E-state index contributed by atoms with van der Waals surface area (Å²) >= 11 is 3.36. The number of carbonyl (C=O) groups excluding carboxylic acids is 1. The van der Waals surface area contributed by atoms with E-state index in [4.69, 9.17) is 9.97 Å². The lowest BCUT2D eigenvalue weighted by Crippen LogP contribution is -2.34. The molecule has 5 rings (SSSR count). The molecule has 4 aromatic rings. The van der Waals surface area contributed by atoms with Crippen molar-refractivity contribution in [3.63, 3.8) is 0 Å². The van der Waals surface area contributed by atoms with Gasteiger partial charge in [-0.05, 0) is 12.1 Å². The summed E-state index contributed by atoms with van der Waals surface area (Å²) in [5.41, 5.74) is 1.74. The van der Waals surface area contributed by atoms with Crippen LogP contribution in [-0.2, 0) is 6.42 Å². The standard InChI is InChI=1S/C22H21N7O2S2/c30-17-12-25-14(11-26-17)4-6-24-21(31)15-13-33-22-18(15)20(29-7-9-32-10-8-29)27-19(28-22)16-3-1-2-5-23-16/h1-3,5,11-13H,4,6-10H2,(H,24,31)(H,26,30). The van der Waals surface area contributed by atoms with E-state index in [0.29, 0.717) is 35.7 Å². The van der Waals surface area contributed by atoms with E-state index in [1.165, 1.54) is 17.5 Å². The van der Waals surface area contributed by atoms with E-state index in [0.717, 1.165) is 40.6 Å². The number of thiophene rings is 1. The number of carbonyl (C=O) groups is 1. The Morgan fingerprint density at radius 2 is 2.06 bits per heavy atom. The van der Waals surface area contributed by atoms with Crippen molar-refractivity contribution in [3.05, 3.63) is 63.8 Å². The van der Waals surface area contributed by atoms with Gasteiger partial charge in [0.25, 0.3) is 11.5 Å². The summed E-state index contributed by atoms with van der Waals surface area (Å²) in [4.78, 5) is 47.9. The summed E-state index contributed by atoms with van der Waals surface area (Å²) < 4.78 is 0. The highest BCUT2D eigenvalue weighted by Crippen LogP contribution is 2.35. The van der Waals surface area contributed by atoms with Crippen molar-refractivity contribution < 1.29 is 4.79 Å². The molecule has 33 heavy (non-hydrogen) atoms. The summed E-state index contributed by atoms with van der Waals surface area (Å²) in [5.74, 6) is 3.21. The van der Waals surface area contributed by atoms with E-state index >= 15 is 0 Å². The van der Waals surface area contributed by atoms with Crippen molar-refractivity contribution in [2.24, 2.45) is 0 Å². The molecule has 0 saturated carbocycles. The van der Waals surface area contributed by atoms with Gasteiger partial charge < -0.3 is 15.2 Å². The predicted molar refractivity (Wildman–Crippen MR) is 131 cm³/mol. The fourth-order valence-corrected chi connectivity index (χ4v) is 5.43. The molecule has 0 spiro atoms. The molecule has 0 aliphatic carbocycles. The number of anilines is 1. The van der Waals surface area contributed by atoms with Crippen LogP contribution >= 0.6 is 23.1 Å². The molecule has 1 aliphatic rings. The number of rotatable bonds is 6. The van der Waals surface area contributed by atoms with Crippen LogP contribution in [0.1, 0.15) is 16.1 Å². The van der Waals surface area contributed by atoms with Crippen molar-refractivity contribution >= 4 is 45.0 Å². The van der Waals surface area contributed by atoms with Gasteiger partial charge in [-0.3, -0.25) is 19.6 Å². The monoisotopic (exact) mass is 479 g/mol. The van der Waals surface area contributed by atoms with Crippen molar-refractivity contribution in [1.29, 1.82) is 0 Å². The average Bonchev–Trinajstić information content (AvgIpc) is 3.30. The van der Waals surface area contributed by atoms with Crippen LogP contribution in [0, 0.1) is 0 Å². The SMILES string of the molecule is O=C(NCCc1c[nH]c(=O)cn1)c1csc2nc(-c3ccccn3)nc(N3CCSCC3)c12. The predicted octanol–water partition coefficient (Wildman–Crippen LogP) is 2.36. The Morgan fingerprint density at radius 1 is 1.18 bits per heavy atom. The minimum atomic E-state index is -0.249. The smallest absolute Gasteiger partial charge is 0.266 e. The number of hydrogen-bond acceptors (Lipinski definition) is 9. The first-order valence-corrected chi connectivity index (χ1v) is 12.6. The summed E-state index contributed by atoms with van der Waals surface area (Å²) in [6, 6.07) is 5.67. The maximum absolute atomic E-state index is 13.1. The molecule has 11 heteroatoms. The Bertz CT molecular complexity index is 1310. The number of aromatic amines is 1. The summed E-state index contributed by atoms with van der Waals surface area (Å²) in [6.45, 7) is 2.14. The van der Waals surface area contributed by atoms with Gasteiger partial charge in [0.05, 0.1) is 22.8 Å². The van der Waals surface area contributed by atoms with Crippen LogP contribution in [0.15, 0.2) is 47.0 Å². The van der Waals surface area contributed by atoms with E-state index in [9.17, 15) is 9.59 Å². The minimum Gasteiger partial charge on any atom is -0.354 e. The largest absolute Gasteiger partial charge is 0.354 e. The van der Waals surface area contributed by atoms with Gasteiger partial charge in [0.15, 0.2) is 5.82 Å². The molecule has 1 amide bonds. The van der Waals surface area contributed by atoms with Crippen LogP contribution in [-0.4, -0.2) is 62.0 Å². The van der Waals surface area contributed by atoms with Gasteiger partial charge in [0.1, 0.15) is 16.3 Å². The zero-order chi connectivity index (χ0) is 22.6. The fraction of sp³-hybridized carbons (Fsp3) is 0.273. The third-order valence-electron chi connectivity index (χ3n) is 5.26. The average molecular weight is 480 g/mol. The molecule has 4 aromatic heterocycles. The molecule has 5 heterocycles. The van der Waals surface area contributed by atoms with E-state index in [1.54, 1.807) is 12.4 Å². The normalized spacial score (nSPS) is 13.9. The molecule has 0 unspecified atom stereocenters. The van der Waals surface area contributed by atoms with Crippen LogP contribution in [0.5, 0.6) is 0 Å². The van der Waals surface area contributed by atoms with Crippen LogP contribution in [0.2, 0.25) is 0 Å². The Labute approximate surface area is 197 Å². The highest BCUT2D eigenvalue weighted by atomic mass is 32.2. The zero-order valence-electron chi connectivity index (χ0n) is 17.7. The quantitative estimate of drug-likeness (QED) is 0.433. The summed E-state index contributed by atoms with van der Waals surface area (Å²) in [5, 5.41) is 5.59. The molecule has 1 fully saturated rings. The molecule has 168 valence electrons. The molecular formula is C22H21N7O2S2. The number of pyridine rings is 1. The molecular weight excluding hydrogens is 458 g/mol. The minimum absolute atomic E-state index is 0.174. The second-order valence-electron chi connectivity index (χ2n) is 7.42. The first kappa shape index (κ1) is 21.5. The molecule has 0 aromatic carbocycles. The maximum Gasteiger partial charge on any atom is 0.266 e. The molecule has 0 radical (unpaired) electrons. The molecule has 0 bridgehead atoms. The number of nitrogens with one attached hydrogen (secondary N) is 2.